The lowest BCUT2D eigenvalue weighted by Crippen LogP contribution is -2.16. The van der Waals surface area contributed by atoms with Gasteiger partial charge in [-0.25, -0.2) is 0 Å². The summed E-state index contributed by atoms with van der Waals surface area (Å²) in [6.07, 6.45) is -4.72. The van der Waals surface area contributed by atoms with Crippen molar-refractivity contribution in [3.8, 4) is 0 Å². The van der Waals surface area contributed by atoms with E-state index in [4.69, 9.17) is 4.89 Å². The smallest absolute Gasteiger partial charge is 0.289 e. The number of ether oxygens (including phenoxy) is 1. The number of hydrogen-bond donors (Lipinski definition) is 1. The number of halogens is 3. The molecule has 0 aliphatic heterocycles. The SMILES string of the molecule is O=[P+](O)OCCOC(F)(F)F. The maximum absolute atomic E-state index is 11.2. The van der Waals surface area contributed by atoms with Gasteiger partial charge in [-0.1, -0.05) is 0 Å². The average Bonchev–Trinajstić information content (AvgIpc) is 1.78. The van der Waals surface area contributed by atoms with E-state index in [2.05, 4.69) is 9.26 Å². The van der Waals surface area contributed by atoms with Gasteiger partial charge in [-0.15, -0.1) is 22.6 Å². The molecule has 0 saturated carbocycles. The summed E-state index contributed by atoms with van der Waals surface area (Å²) in [7, 11) is -2.85. The van der Waals surface area contributed by atoms with Gasteiger partial charge in [-0.2, -0.15) is 0 Å². The predicted octanol–water partition coefficient (Wildman–Crippen LogP) is 1.19. The van der Waals surface area contributed by atoms with Crippen LogP contribution in [0.5, 0.6) is 0 Å². The van der Waals surface area contributed by atoms with E-state index in [0.29, 0.717) is 0 Å². The lowest BCUT2D eigenvalue weighted by atomic mass is 10.8. The number of alkyl halides is 3. The fourth-order valence-electron chi connectivity index (χ4n) is 0.273. The van der Waals surface area contributed by atoms with Crippen molar-refractivity contribution in [3.05, 3.63) is 0 Å². The van der Waals surface area contributed by atoms with Crippen LogP contribution in [0.2, 0.25) is 0 Å². The lowest BCUT2D eigenvalue weighted by molar-refractivity contribution is -0.325. The van der Waals surface area contributed by atoms with Crippen LogP contribution in [-0.4, -0.2) is 24.5 Å². The van der Waals surface area contributed by atoms with Gasteiger partial charge in [-0.3, -0.25) is 4.74 Å². The molecule has 0 aliphatic rings. The van der Waals surface area contributed by atoms with E-state index in [1.165, 1.54) is 0 Å². The van der Waals surface area contributed by atoms with E-state index in [9.17, 15) is 17.7 Å². The first kappa shape index (κ1) is 10.8. The number of hydrogen-bond acceptors (Lipinski definition) is 3. The van der Waals surface area contributed by atoms with Crippen LogP contribution < -0.4 is 0 Å². The van der Waals surface area contributed by atoms with E-state index in [-0.39, 0.29) is 0 Å². The predicted molar refractivity (Wildman–Crippen MR) is 27.8 cm³/mol. The highest BCUT2D eigenvalue weighted by Crippen LogP contribution is 2.17. The van der Waals surface area contributed by atoms with E-state index in [1.54, 1.807) is 0 Å². The van der Waals surface area contributed by atoms with E-state index in [1.807, 2.05) is 0 Å². The van der Waals surface area contributed by atoms with Gasteiger partial charge >= 0.3 is 14.6 Å². The maximum Gasteiger partial charge on any atom is 0.694 e. The normalized spacial score (nSPS) is 13.3. The molecule has 1 N–H and O–H groups in total. The largest absolute Gasteiger partial charge is 0.694 e. The first-order chi connectivity index (χ1) is 4.92. The maximum atomic E-state index is 11.2. The Balaban J connectivity index is 3.22. The van der Waals surface area contributed by atoms with E-state index < -0.39 is 27.8 Å². The fourth-order valence-corrected chi connectivity index (χ4v) is 0.503. The van der Waals surface area contributed by atoms with Crippen molar-refractivity contribution in [1.29, 1.82) is 0 Å². The van der Waals surface area contributed by atoms with Crippen LogP contribution in [-0.2, 0) is 13.8 Å². The first-order valence-corrected chi connectivity index (χ1v) is 3.54. The molecule has 0 aromatic carbocycles. The second-order valence-corrected chi connectivity index (χ2v) is 2.10. The van der Waals surface area contributed by atoms with E-state index >= 15 is 0 Å². The third-order valence-corrected chi connectivity index (χ3v) is 0.954. The lowest BCUT2D eigenvalue weighted by Gasteiger charge is -2.03. The summed E-state index contributed by atoms with van der Waals surface area (Å²) in [4.78, 5) is 7.93. The van der Waals surface area contributed by atoms with Crippen LogP contribution in [0.4, 0.5) is 13.2 Å². The Kier molecular flexibility index (Phi) is 4.51. The summed E-state index contributed by atoms with van der Waals surface area (Å²) in [5.74, 6) is 0. The van der Waals surface area contributed by atoms with Crippen molar-refractivity contribution in [2.24, 2.45) is 0 Å². The molecular weight excluding hydrogens is 188 g/mol. The highest BCUT2D eigenvalue weighted by atomic mass is 31.1. The van der Waals surface area contributed by atoms with E-state index in [0.717, 1.165) is 0 Å². The molecule has 0 fully saturated rings. The Morgan fingerprint density at radius 1 is 1.36 bits per heavy atom. The molecule has 0 spiro atoms. The second-order valence-electron chi connectivity index (χ2n) is 1.37. The van der Waals surface area contributed by atoms with Crippen molar-refractivity contribution < 1.29 is 31.9 Å². The average molecular weight is 193 g/mol. The van der Waals surface area contributed by atoms with Crippen LogP contribution >= 0.6 is 8.25 Å². The van der Waals surface area contributed by atoms with Crippen LogP contribution in [0.15, 0.2) is 0 Å². The van der Waals surface area contributed by atoms with Crippen LogP contribution in [0.25, 0.3) is 0 Å². The summed E-state index contributed by atoms with van der Waals surface area (Å²) < 4.78 is 50.3. The molecule has 0 aromatic rings. The summed E-state index contributed by atoms with van der Waals surface area (Å²) in [5.41, 5.74) is 0. The molecule has 4 nitrogen and oxygen atoms in total. The number of rotatable bonds is 4. The zero-order valence-electron chi connectivity index (χ0n) is 5.17. The molecule has 0 aliphatic carbocycles. The highest BCUT2D eigenvalue weighted by Gasteiger charge is 2.29. The third-order valence-electron chi connectivity index (χ3n) is 0.551. The standard InChI is InChI=1S/C3H4F3O4P/c4-3(5,6)9-1-2-10-11(7)8/h1-2H2/p+1. The zero-order valence-corrected chi connectivity index (χ0v) is 6.06. The van der Waals surface area contributed by atoms with Gasteiger partial charge in [0.15, 0.2) is 0 Å². The Bertz CT molecular complexity index is 135. The summed E-state index contributed by atoms with van der Waals surface area (Å²) in [6.45, 7) is -1.35. The molecule has 0 aromatic heterocycles. The Morgan fingerprint density at radius 2 is 1.91 bits per heavy atom. The Hall–Kier alpha value is -0.230. The molecule has 0 radical (unpaired) electrons. The molecule has 11 heavy (non-hydrogen) atoms. The van der Waals surface area contributed by atoms with Crippen molar-refractivity contribution in [2.75, 3.05) is 13.2 Å². The van der Waals surface area contributed by atoms with Gasteiger partial charge in [0.05, 0.1) is 6.61 Å². The molecule has 0 amide bonds. The summed E-state index contributed by atoms with van der Waals surface area (Å²) in [6, 6.07) is 0. The van der Waals surface area contributed by atoms with Crippen molar-refractivity contribution in [3.63, 3.8) is 0 Å². The van der Waals surface area contributed by atoms with Crippen molar-refractivity contribution in [1.82, 2.24) is 0 Å². The zero-order chi connectivity index (χ0) is 8.91. The van der Waals surface area contributed by atoms with Crippen LogP contribution in [0, 0.1) is 0 Å². The molecule has 0 heterocycles. The molecule has 0 rings (SSSR count). The molecular formula is C3H5F3O4P+. The van der Waals surface area contributed by atoms with Crippen LogP contribution in [0.1, 0.15) is 0 Å². The van der Waals surface area contributed by atoms with Gasteiger partial charge in [0, 0.05) is 4.57 Å². The topological polar surface area (TPSA) is 55.8 Å². The molecule has 1 unspecified atom stereocenters. The highest BCUT2D eigenvalue weighted by molar-refractivity contribution is 7.32. The quantitative estimate of drug-likeness (QED) is 0.538. The van der Waals surface area contributed by atoms with Gasteiger partial charge in [0.2, 0.25) is 0 Å². The summed E-state index contributed by atoms with van der Waals surface area (Å²) in [5, 5.41) is 0. The fraction of sp³-hybridized carbons (Fsp3) is 1.00. The minimum absolute atomic E-state index is 0.564. The Labute approximate surface area is 60.9 Å². The second kappa shape index (κ2) is 4.61. The van der Waals surface area contributed by atoms with Crippen molar-refractivity contribution in [2.45, 2.75) is 6.36 Å². The Morgan fingerprint density at radius 3 is 2.27 bits per heavy atom. The molecule has 0 bridgehead atoms. The minimum atomic E-state index is -4.72. The first-order valence-electron chi connectivity index (χ1n) is 2.41. The molecule has 1 atom stereocenters. The molecule has 8 heteroatoms. The minimum Gasteiger partial charge on any atom is -0.289 e. The van der Waals surface area contributed by atoms with Crippen molar-refractivity contribution >= 4 is 8.25 Å². The van der Waals surface area contributed by atoms with Gasteiger partial charge in [0.25, 0.3) is 0 Å². The van der Waals surface area contributed by atoms with Crippen LogP contribution in [0.3, 0.4) is 0 Å². The van der Waals surface area contributed by atoms with Gasteiger partial charge < -0.3 is 0 Å². The van der Waals surface area contributed by atoms with Gasteiger partial charge in [0.1, 0.15) is 6.61 Å². The molecule has 66 valence electrons. The third kappa shape index (κ3) is 9.77. The van der Waals surface area contributed by atoms with Gasteiger partial charge in [-0.05, 0) is 0 Å². The molecule has 0 saturated heterocycles. The monoisotopic (exact) mass is 193 g/mol. The summed E-state index contributed by atoms with van der Waals surface area (Å²) >= 11 is 0.